The molecule has 3 aromatic heterocycles. The summed E-state index contributed by atoms with van der Waals surface area (Å²) >= 11 is 0. The minimum absolute atomic E-state index is 0.183. The fraction of sp³-hybridized carbons (Fsp3) is 0.306. The molecule has 7 heteroatoms. The predicted octanol–water partition coefficient (Wildman–Crippen LogP) is 7.82. The summed E-state index contributed by atoms with van der Waals surface area (Å²) in [7, 11) is 0. The SMILES string of the molecule is CC1=C(/C=C/C(C)=C/C=C/C(=O)Nc2cc[n+](CCCOc3c4occc4cc4ccc(=O)oc34)cc2)C(C)(C)CCC1. The highest BCUT2D eigenvalue weighted by Gasteiger charge is 2.26. The van der Waals surface area contributed by atoms with Crippen molar-refractivity contribution in [2.75, 3.05) is 11.9 Å². The van der Waals surface area contributed by atoms with Crippen LogP contribution in [0.15, 0.2) is 116 Å². The zero-order valence-corrected chi connectivity index (χ0v) is 25.3. The average molecular weight is 580 g/mol. The second kappa shape index (κ2) is 13.1. The van der Waals surface area contributed by atoms with E-state index in [1.165, 1.54) is 42.6 Å². The maximum absolute atomic E-state index is 12.4. The molecule has 1 aliphatic carbocycles. The van der Waals surface area contributed by atoms with Gasteiger partial charge in [0.1, 0.15) is 0 Å². The first kappa shape index (κ1) is 29.8. The standard InChI is InChI=1S/C36H38N2O5/c1-25(11-13-30-26(2)9-6-18-36(30,3)4)8-5-10-31(39)37-29-15-20-38(21-16-29)19-7-22-41-35-33-28(17-23-42-33)24-27-12-14-32(40)43-34(27)35/h5,8,10-17,20-21,23-24H,6-7,9,18-19,22H2,1-4H3/p+1/b10-5+,13-11+,25-8+. The maximum Gasteiger partial charge on any atom is 0.336 e. The molecule has 222 valence electrons. The molecule has 4 aromatic rings. The molecule has 43 heavy (non-hydrogen) atoms. The van der Waals surface area contributed by atoms with E-state index >= 15 is 0 Å². The number of furan rings is 1. The highest BCUT2D eigenvalue weighted by atomic mass is 16.5. The lowest BCUT2D eigenvalue weighted by Crippen LogP contribution is -2.33. The molecular formula is C36H39N2O5+. The van der Waals surface area contributed by atoms with E-state index in [4.69, 9.17) is 13.6 Å². The van der Waals surface area contributed by atoms with Crippen LogP contribution >= 0.6 is 0 Å². The monoisotopic (exact) mass is 579 g/mol. The summed E-state index contributed by atoms with van der Waals surface area (Å²) in [6.07, 6.45) is 19.4. The molecule has 3 heterocycles. The number of amides is 1. The Morgan fingerprint density at radius 2 is 1.88 bits per heavy atom. The van der Waals surface area contributed by atoms with Crippen LogP contribution in [0.4, 0.5) is 5.69 Å². The van der Waals surface area contributed by atoms with E-state index < -0.39 is 5.63 Å². The van der Waals surface area contributed by atoms with Gasteiger partial charge < -0.3 is 18.9 Å². The number of nitrogens with zero attached hydrogens (tertiary/aromatic N) is 1. The number of fused-ring (bicyclic) bond motifs is 2. The molecule has 0 fully saturated rings. The Morgan fingerprint density at radius 3 is 2.67 bits per heavy atom. The number of carbonyl (C=O) groups is 1. The van der Waals surface area contributed by atoms with E-state index in [0.29, 0.717) is 36.5 Å². The molecule has 0 radical (unpaired) electrons. The van der Waals surface area contributed by atoms with Crippen LogP contribution in [0.3, 0.4) is 0 Å². The summed E-state index contributed by atoms with van der Waals surface area (Å²) in [5.74, 6) is 0.255. The zero-order chi connectivity index (χ0) is 30.4. The molecule has 0 atom stereocenters. The molecule has 0 saturated carbocycles. The summed E-state index contributed by atoms with van der Waals surface area (Å²) in [6, 6.07) is 10.6. The number of allylic oxidation sites excluding steroid dienone is 7. The molecular weight excluding hydrogens is 540 g/mol. The van der Waals surface area contributed by atoms with Crippen molar-refractivity contribution in [2.45, 2.75) is 59.9 Å². The molecule has 1 aliphatic rings. The lowest BCUT2D eigenvalue weighted by Gasteiger charge is -2.32. The Morgan fingerprint density at radius 1 is 1.09 bits per heavy atom. The first-order valence-electron chi connectivity index (χ1n) is 14.8. The Bertz CT molecular complexity index is 1800. The van der Waals surface area contributed by atoms with E-state index in [0.717, 1.165) is 22.0 Å². The van der Waals surface area contributed by atoms with Gasteiger partial charge in [-0.15, -0.1) is 0 Å². The third-order valence-electron chi connectivity index (χ3n) is 7.91. The molecule has 1 amide bonds. The van der Waals surface area contributed by atoms with Gasteiger partial charge in [0.05, 0.1) is 18.6 Å². The average Bonchev–Trinajstić information content (AvgIpc) is 3.43. The molecule has 0 aliphatic heterocycles. The van der Waals surface area contributed by atoms with Crippen molar-refractivity contribution in [1.29, 1.82) is 0 Å². The zero-order valence-electron chi connectivity index (χ0n) is 25.3. The minimum Gasteiger partial charge on any atom is -0.486 e. The van der Waals surface area contributed by atoms with Gasteiger partial charge >= 0.3 is 5.63 Å². The van der Waals surface area contributed by atoms with Gasteiger partial charge in [-0.2, -0.15) is 0 Å². The molecule has 0 unspecified atom stereocenters. The quantitative estimate of drug-likeness (QED) is 0.0681. The fourth-order valence-electron chi connectivity index (χ4n) is 5.60. The van der Waals surface area contributed by atoms with E-state index in [2.05, 4.69) is 38.2 Å². The molecule has 1 N–H and O–H groups in total. The molecule has 1 aromatic carbocycles. The Hall–Kier alpha value is -4.65. The third-order valence-corrected chi connectivity index (χ3v) is 7.91. The number of rotatable bonds is 10. The van der Waals surface area contributed by atoms with E-state index in [-0.39, 0.29) is 11.3 Å². The van der Waals surface area contributed by atoms with Gasteiger partial charge in [-0.05, 0) is 62.3 Å². The van der Waals surface area contributed by atoms with Gasteiger partial charge in [-0.25, -0.2) is 9.36 Å². The molecule has 5 rings (SSSR count). The van der Waals surface area contributed by atoms with Crippen molar-refractivity contribution in [2.24, 2.45) is 5.41 Å². The van der Waals surface area contributed by atoms with E-state index in [1.54, 1.807) is 18.4 Å². The number of hydrogen-bond donors (Lipinski definition) is 1. The maximum atomic E-state index is 12.4. The topological polar surface area (TPSA) is 85.6 Å². The van der Waals surface area contributed by atoms with E-state index in [9.17, 15) is 9.59 Å². The summed E-state index contributed by atoms with van der Waals surface area (Å²) in [6.45, 7) is 10.0. The number of benzene rings is 1. The first-order chi connectivity index (χ1) is 20.7. The molecule has 0 bridgehead atoms. The first-order valence-corrected chi connectivity index (χ1v) is 14.8. The lowest BCUT2D eigenvalue weighted by atomic mass is 9.72. The fourth-order valence-corrected chi connectivity index (χ4v) is 5.60. The number of nitrogens with one attached hydrogen (secondary N) is 1. The van der Waals surface area contributed by atoms with Gasteiger partial charge in [0, 0.05) is 41.5 Å². The van der Waals surface area contributed by atoms with Crippen LogP contribution in [-0.4, -0.2) is 12.5 Å². The van der Waals surface area contributed by atoms with Crippen molar-refractivity contribution in [3.8, 4) is 5.75 Å². The van der Waals surface area contributed by atoms with Crippen molar-refractivity contribution in [1.82, 2.24) is 0 Å². The Kier molecular flexibility index (Phi) is 9.10. The van der Waals surface area contributed by atoms with Crippen LogP contribution in [0, 0.1) is 5.41 Å². The van der Waals surface area contributed by atoms with Gasteiger partial charge in [0.25, 0.3) is 0 Å². The smallest absolute Gasteiger partial charge is 0.336 e. The van der Waals surface area contributed by atoms with Gasteiger partial charge in [0.15, 0.2) is 30.1 Å². The second-order valence-corrected chi connectivity index (χ2v) is 11.8. The van der Waals surface area contributed by atoms with Crippen LogP contribution in [0.2, 0.25) is 0 Å². The summed E-state index contributed by atoms with van der Waals surface area (Å²) in [5.41, 5.74) is 5.42. The van der Waals surface area contributed by atoms with E-state index in [1.807, 2.05) is 54.2 Å². The largest absolute Gasteiger partial charge is 0.486 e. The van der Waals surface area contributed by atoms with Crippen LogP contribution in [-0.2, 0) is 11.3 Å². The van der Waals surface area contributed by atoms with Crippen LogP contribution in [0.25, 0.3) is 21.9 Å². The Labute approximate surface area is 251 Å². The van der Waals surface area contributed by atoms with Crippen molar-refractivity contribution >= 4 is 33.5 Å². The number of ether oxygens (including phenoxy) is 1. The molecule has 0 spiro atoms. The van der Waals surface area contributed by atoms with Crippen molar-refractivity contribution in [3.63, 3.8) is 0 Å². The summed E-state index contributed by atoms with van der Waals surface area (Å²) in [4.78, 5) is 24.2. The van der Waals surface area contributed by atoms with Crippen molar-refractivity contribution < 1.29 is 22.9 Å². The van der Waals surface area contributed by atoms with Gasteiger partial charge in [-0.1, -0.05) is 49.3 Å². The van der Waals surface area contributed by atoms with Gasteiger partial charge in [0.2, 0.25) is 11.7 Å². The number of hydrogen-bond acceptors (Lipinski definition) is 5. The van der Waals surface area contributed by atoms with Crippen LogP contribution in [0.1, 0.15) is 53.4 Å². The highest BCUT2D eigenvalue weighted by molar-refractivity contribution is 6.00. The predicted molar refractivity (Wildman–Crippen MR) is 170 cm³/mol. The van der Waals surface area contributed by atoms with Crippen LogP contribution < -0.4 is 20.2 Å². The number of pyridine rings is 1. The minimum atomic E-state index is -0.438. The van der Waals surface area contributed by atoms with Crippen LogP contribution in [0.5, 0.6) is 5.75 Å². The lowest BCUT2D eigenvalue weighted by molar-refractivity contribution is -0.697. The normalized spacial score (nSPS) is 15.7. The summed E-state index contributed by atoms with van der Waals surface area (Å²) < 4.78 is 19.1. The number of aromatic nitrogens is 1. The number of anilines is 1. The molecule has 0 saturated heterocycles. The van der Waals surface area contributed by atoms with Crippen molar-refractivity contribution in [3.05, 3.63) is 113 Å². The Balaban J connectivity index is 1.11. The summed E-state index contributed by atoms with van der Waals surface area (Å²) in [5, 5.41) is 4.56. The number of carbonyl (C=O) groups excluding carboxylic acids is 1. The van der Waals surface area contributed by atoms with Gasteiger partial charge in [-0.3, -0.25) is 4.79 Å². The highest BCUT2D eigenvalue weighted by Crippen LogP contribution is 2.41. The second-order valence-electron chi connectivity index (χ2n) is 11.8. The number of aryl methyl sites for hydroxylation is 1. The third kappa shape index (κ3) is 7.41. The molecule has 7 nitrogen and oxygen atoms in total.